The molecule has 0 aliphatic heterocycles. The third kappa shape index (κ3) is 0.981. The van der Waals surface area contributed by atoms with Crippen LogP contribution in [0.5, 0.6) is 0 Å². The molecule has 0 atom stereocenters. The van der Waals surface area contributed by atoms with Crippen molar-refractivity contribution in [3.63, 3.8) is 0 Å². The van der Waals surface area contributed by atoms with Crippen LogP contribution in [0, 0.1) is 13.8 Å². The zero-order valence-corrected chi connectivity index (χ0v) is 6.46. The summed E-state index contributed by atoms with van der Waals surface area (Å²) < 4.78 is 5.30. The highest BCUT2D eigenvalue weighted by Gasteiger charge is 2.00. The van der Waals surface area contributed by atoms with Crippen molar-refractivity contribution < 1.29 is 4.42 Å². The molecular weight excluding hydrogens is 140 g/mol. The molecule has 0 fully saturated rings. The molecule has 2 aromatic heterocycles. The molecule has 2 aromatic rings. The van der Waals surface area contributed by atoms with E-state index in [1.165, 1.54) is 0 Å². The molecule has 0 bridgehead atoms. The molecule has 2 rings (SSSR count). The predicted octanol–water partition coefficient (Wildman–Crippen LogP) is 1.84. The van der Waals surface area contributed by atoms with Gasteiger partial charge in [-0.05, 0) is 13.8 Å². The topological polar surface area (TPSA) is 38.9 Å². The van der Waals surface area contributed by atoms with Crippen LogP contribution in [0.25, 0.3) is 11.1 Å². The molecule has 3 nitrogen and oxygen atoms in total. The van der Waals surface area contributed by atoms with E-state index in [4.69, 9.17) is 4.42 Å². The van der Waals surface area contributed by atoms with E-state index in [0.29, 0.717) is 0 Å². The normalized spacial score (nSPS) is 10.7. The van der Waals surface area contributed by atoms with Crippen LogP contribution in [-0.4, -0.2) is 9.97 Å². The molecule has 0 aliphatic carbocycles. The van der Waals surface area contributed by atoms with Gasteiger partial charge in [0, 0.05) is 6.07 Å². The van der Waals surface area contributed by atoms with E-state index in [-0.39, 0.29) is 0 Å². The molecule has 3 heteroatoms. The van der Waals surface area contributed by atoms with Crippen LogP contribution in [0.3, 0.4) is 0 Å². The summed E-state index contributed by atoms with van der Waals surface area (Å²) in [5, 5.41) is 0. The number of fused-ring (bicyclic) bond motifs is 1. The summed E-state index contributed by atoms with van der Waals surface area (Å²) in [4.78, 5) is 8.21. The molecule has 0 aromatic carbocycles. The first kappa shape index (κ1) is 6.34. The fraction of sp³-hybridized carbons (Fsp3) is 0.250. The van der Waals surface area contributed by atoms with Gasteiger partial charge in [0.15, 0.2) is 5.58 Å². The van der Waals surface area contributed by atoms with Crippen molar-refractivity contribution in [2.24, 2.45) is 0 Å². The molecule has 0 radical (unpaired) electrons. The number of aryl methyl sites for hydroxylation is 2. The Bertz CT molecular complexity index is 392. The van der Waals surface area contributed by atoms with Crippen LogP contribution in [0.15, 0.2) is 16.7 Å². The zero-order chi connectivity index (χ0) is 7.84. The van der Waals surface area contributed by atoms with E-state index in [2.05, 4.69) is 9.97 Å². The van der Waals surface area contributed by atoms with E-state index < -0.39 is 0 Å². The van der Waals surface area contributed by atoms with Gasteiger partial charge in [-0.2, -0.15) is 0 Å². The Balaban J connectivity index is 2.82. The molecule has 0 amide bonds. The summed E-state index contributed by atoms with van der Waals surface area (Å²) >= 11 is 0. The highest BCUT2D eigenvalue weighted by Crippen LogP contribution is 2.14. The van der Waals surface area contributed by atoms with Gasteiger partial charge < -0.3 is 4.42 Å². The average molecular weight is 148 g/mol. The maximum absolute atomic E-state index is 5.30. The third-order valence-corrected chi connectivity index (χ3v) is 1.51. The second kappa shape index (κ2) is 2.05. The Labute approximate surface area is 64.1 Å². The molecule has 56 valence electrons. The summed E-state index contributed by atoms with van der Waals surface area (Å²) in [6.45, 7) is 3.76. The largest absolute Gasteiger partial charge is 0.458 e. The highest BCUT2D eigenvalue weighted by molar-refractivity contribution is 5.71. The van der Waals surface area contributed by atoms with Crippen LogP contribution in [0.1, 0.15) is 11.6 Å². The summed E-state index contributed by atoms with van der Waals surface area (Å²) in [6, 6.07) is 1.91. The summed E-state index contributed by atoms with van der Waals surface area (Å²) in [6.07, 6.45) is 1.70. The lowest BCUT2D eigenvalue weighted by Gasteiger charge is -1.87. The van der Waals surface area contributed by atoms with E-state index in [9.17, 15) is 0 Å². The number of furan rings is 1. The second-order valence-corrected chi connectivity index (χ2v) is 2.52. The van der Waals surface area contributed by atoms with Crippen LogP contribution in [0.4, 0.5) is 0 Å². The van der Waals surface area contributed by atoms with Gasteiger partial charge in [-0.25, -0.2) is 9.97 Å². The monoisotopic (exact) mass is 148 g/mol. The number of aromatic nitrogens is 2. The first-order valence-corrected chi connectivity index (χ1v) is 3.45. The van der Waals surface area contributed by atoms with E-state index in [1.54, 1.807) is 6.20 Å². The Morgan fingerprint density at radius 1 is 1.36 bits per heavy atom. The molecule has 0 saturated carbocycles. The molecule has 0 N–H and O–H groups in total. The van der Waals surface area contributed by atoms with Crippen molar-refractivity contribution in [3.05, 3.63) is 23.8 Å². The lowest BCUT2D eigenvalue weighted by Crippen LogP contribution is -1.83. The lowest BCUT2D eigenvalue weighted by atomic mass is 10.4. The second-order valence-electron chi connectivity index (χ2n) is 2.52. The van der Waals surface area contributed by atoms with Gasteiger partial charge in [-0.3, -0.25) is 0 Å². The minimum absolute atomic E-state index is 0.758. The van der Waals surface area contributed by atoms with E-state index in [1.807, 2.05) is 19.9 Å². The molecule has 0 spiro atoms. The lowest BCUT2D eigenvalue weighted by molar-refractivity contribution is 0.576. The van der Waals surface area contributed by atoms with Gasteiger partial charge in [0.1, 0.15) is 17.1 Å². The van der Waals surface area contributed by atoms with Gasteiger partial charge in [0.25, 0.3) is 0 Å². The Morgan fingerprint density at radius 3 is 3.00 bits per heavy atom. The van der Waals surface area contributed by atoms with Crippen molar-refractivity contribution in [1.82, 2.24) is 9.97 Å². The number of hydrogen-bond donors (Lipinski definition) is 0. The summed E-state index contributed by atoms with van der Waals surface area (Å²) in [5.74, 6) is 1.65. The van der Waals surface area contributed by atoms with E-state index >= 15 is 0 Å². The first-order valence-electron chi connectivity index (χ1n) is 3.45. The van der Waals surface area contributed by atoms with Gasteiger partial charge in [-0.1, -0.05) is 0 Å². The Hall–Kier alpha value is -1.38. The van der Waals surface area contributed by atoms with Crippen molar-refractivity contribution >= 4 is 11.1 Å². The van der Waals surface area contributed by atoms with Crippen molar-refractivity contribution in [2.75, 3.05) is 0 Å². The molecule has 0 saturated heterocycles. The molecule has 0 aliphatic rings. The van der Waals surface area contributed by atoms with Crippen LogP contribution < -0.4 is 0 Å². The molecule has 2 heterocycles. The Kier molecular flexibility index (Phi) is 1.18. The fourth-order valence-electron chi connectivity index (χ4n) is 1.05. The molecule has 11 heavy (non-hydrogen) atoms. The number of nitrogens with zero attached hydrogens (tertiary/aromatic N) is 2. The van der Waals surface area contributed by atoms with Crippen molar-refractivity contribution in [1.29, 1.82) is 0 Å². The van der Waals surface area contributed by atoms with E-state index in [0.717, 1.165) is 22.7 Å². The quantitative estimate of drug-likeness (QED) is 0.572. The van der Waals surface area contributed by atoms with Gasteiger partial charge >= 0.3 is 0 Å². The average Bonchev–Trinajstić information content (AvgIpc) is 2.27. The maximum atomic E-state index is 5.30. The summed E-state index contributed by atoms with van der Waals surface area (Å²) in [5.41, 5.74) is 1.64. The molecule has 0 unspecified atom stereocenters. The minimum atomic E-state index is 0.758. The fourth-order valence-corrected chi connectivity index (χ4v) is 1.05. The van der Waals surface area contributed by atoms with Crippen molar-refractivity contribution in [2.45, 2.75) is 13.8 Å². The predicted molar refractivity (Wildman–Crippen MR) is 41.3 cm³/mol. The van der Waals surface area contributed by atoms with Gasteiger partial charge in [0.2, 0.25) is 0 Å². The third-order valence-electron chi connectivity index (χ3n) is 1.51. The minimum Gasteiger partial charge on any atom is -0.458 e. The maximum Gasteiger partial charge on any atom is 0.170 e. The van der Waals surface area contributed by atoms with Crippen LogP contribution in [0.2, 0.25) is 0 Å². The highest BCUT2D eigenvalue weighted by atomic mass is 16.3. The van der Waals surface area contributed by atoms with Crippen molar-refractivity contribution in [3.8, 4) is 0 Å². The standard InChI is InChI=1S/C8H8N2O/c1-5-3-7-8(11-5)4-9-6(2)10-7/h3-4H,1-2H3. The zero-order valence-electron chi connectivity index (χ0n) is 6.46. The first-order chi connectivity index (χ1) is 5.25. The van der Waals surface area contributed by atoms with Gasteiger partial charge in [-0.15, -0.1) is 0 Å². The molecular formula is C8H8N2O. The number of hydrogen-bond acceptors (Lipinski definition) is 3. The van der Waals surface area contributed by atoms with Crippen LogP contribution >= 0.6 is 0 Å². The number of rotatable bonds is 0. The Morgan fingerprint density at radius 2 is 2.18 bits per heavy atom. The van der Waals surface area contributed by atoms with Crippen LogP contribution in [-0.2, 0) is 0 Å². The van der Waals surface area contributed by atoms with Gasteiger partial charge in [0.05, 0.1) is 6.20 Å². The summed E-state index contributed by atoms with van der Waals surface area (Å²) in [7, 11) is 0. The SMILES string of the molecule is Cc1ncc2oc(C)cc2n1. The smallest absolute Gasteiger partial charge is 0.170 e.